The standard InChI is InChI=1S/C19H15ClF3NO7.C8H14ClN5.C3H8NO5P.C3H9S/c1-3-29-17(25)10(2)30-18(26)13-9-12(5-6-15(13)24(27)28)31-16-7-4-11(8-14(16)20)19(21,22)23;1-4-10-7-12-6(9)13-8(14-7)11-5(2)3;5-3(6)1-4-2-10(7,8)9;1-4(2)3/h4-10H,3H2,1-2H3;5H,4H2,1-3H3,(H2,10,11,12,13,14);4H,1-2H2,(H,5,6)(H2,7,8,9);1-3H3/q;;;+1/p-1. The van der Waals surface area contributed by atoms with Crippen LogP contribution in [0.2, 0.25) is 10.3 Å². The van der Waals surface area contributed by atoms with Gasteiger partial charge in [0.1, 0.15) is 24.7 Å². The summed E-state index contributed by atoms with van der Waals surface area (Å²) in [6.07, 6.45) is -0.0672. The number of nitro groups is 1. The summed E-state index contributed by atoms with van der Waals surface area (Å²) >= 11 is 11.6. The first kappa shape index (κ1) is 54.5. The van der Waals surface area contributed by atoms with E-state index in [0.29, 0.717) is 28.9 Å². The van der Waals surface area contributed by atoms with Gasteiger partial charge in [-0.05, 0) is 81.4 Å². The molecule has 0 saturated carbocycles. The number of rotatable bonds is 15. The van der Waals surface area contributed by atoms with Crippen molar-refractivity contribution >= 4 is 77.2 Å². The Morgan fingerprint density at radius 1 is 1.02 bits per heavy atom. The second kappa shape index (κ2) is 26.6. The van der Waals surface area contributed by atoms with Crippen molar-refractivity contribution in [3.8, 4) is 11.5 Å². The van der Waals surface area contributed by atoms with Gasteiger partial charge >= 0.3 is 24.1 Å². The van der Waals surface area contributed by atoms with E-state index in [1.165, 1.54) is 6.92 Å². The number of nitrogens with one attached hydrogen (secondary N) is 3. The van der Waals surface area contributed by atoms with Gasteiger partial charge in [0.05, 0.1) is 53.7 Å². The summed E-state index contributed by atoms with van der Waals surface area (Å²) in [4.78, 5) is 74.2. The number of esters is 2. The summed E-state index contributed by atoms with van der Waals surface area (Å²) in [6.45, 7) is 9.06. The van der Waals surface area contributed by atoms with Crippen molar-refractivity contribution in [3.63, 3.8) is 0 Å². The number of nitro benzene ring substituents is 1. The molecule has 5 N–H and O–H groups in total. The lowest BCUT2D eigenvalue weighted by Crippen LogP contribution is -2.26. The van der Waals surface area contributed by atoms with Crippen LogP contribution in [-0.4, -0.2) is 105 Å². The van der Waals surface area contributed by atoms with E-state index < -0.39 is 72.4 Å². The molecule has 26 heteroatoms. The Kier molecular flexibility index (Phi) is 24.5. The maximum atomic E-state index is 12.8. The molecule has 1 heterocycles. The van der Waals surface area contributed by atoms with E-state index in [9.17, 15) is 47.1 Å². The number of carboxylic acids is 1. The van der Waals surface area contributed by atoms with Gasteiger partial charge in [-0.15, -0.1) is 0 Å². The number of hydrogen-bond donors (Lipinski definition) is 5. The highest BCUT2D eigenvalue weighted by Gasteiger charge is 2.31. The summed E-state index contributed by atoms with van der Waals surface area (Å²) in [5.41, 5.74) is -2.17. The average Bonchev–Trinajstić information content (AvgIpc) is 3.08. The number of aromatic nitrogens is 3. The highest BCUT2D eigenvalue weighted by molar-refractivity contribution is 7.94. The Labute approximate surface area is 350 Å². The third-order valence-corrected chi connectivity index (χ3v) is 6.81. The van der Waals surface area contributed by atoms with Gasteiger partial charge < -0.3 is 44.3 Å². The highest BCUT2D eigenvalue weighted by Crippen LogP contribution is 2.37. The minimum atomic E-state index is -4.61. The molecule has 0 aliphatic heterocycles. The summed E-state index contributed by atoms with van der Waals surface area (Å²) < 4.78 is 63.2. The largest absolute Gasteiger partial charge is 0.778 e. The first-order valence-electron chi connectivity index (χ1n) is 16.8. The second-order valence-electron chi connectivity index (χ2n) is 11.9. The van der Waals surface area contributed by atoms with Gasteiger partial charge in [0, 0.05) is 24.7 Å². The van der Waals surface area contributed by atoms with Crippen LogP contribution in [0, 0.1) is 10.1 Å². The lowest BCUT2D eigenvalue weighted by atomic mass is 10.1. The van der Waals surface area contributed by atoms with Gasteiger partial charge in [-0.1, -0.05) is 11.6 Å². The Hall–Kier alpha value is -4.51. The van der Waals surface area contributed by atoms with Crippen LogP contribution >= 0.6 is 30.8 Å². The predicted molar refractivity (Wildman–Crippen MR) is 214 cm³/mol. The van der Waals surface area contributed by atoms with Crippen LogP contribution in [0.1, 0.15) is 50.5 Å². The Bertz CT molecular complexity index is 1890. The van der Waals surface area contributed by atoms with E-state index in [1.54, 1.807) is 6.92 Å². The van der Waals surface area contributed by atoms with Crippen molar-refractivity contribution in [3.05, 3.63) is 67.9 Å². The van der Waals surface area contributed by atoms with Crippen LogP contribution in [-0.2, 0) is 40.7 Å². The zero-order chi connectivity index (χ0) is 45.7. The Morgan fingerprint density at radius 2 is 1.61 bits per heavy atom. The van der Waals surface area contributed by atoms with Crippen LogP contribution in [0.15, 0.2) is 36.4 Å². The molecular formula is C33H45Cl2F3N7O12PS. The SMILES string of the molecule is CCNc1nc(Cl)nc(NC(C)C)n1.CCOC(=O)C(C)OC(=O)c1cc(Oc2ccc(C(F)(F)F)cc2Cl)ccc1[N+](=O)[O-].C[S+](C)C.O=C(O)CNCP(=O)([O-])O. The summed E-state index contributed by atoms with van der Waals surface area (Å²) in [5.74, 6) is -2.54. The summed E-state index contributed by atoms with van der Waals surface area (Å²) in [5, 5.41) is 27.1. The van der Waals surface area contributed by atoms with Gasteiger partial charge in [0.15, 0.2) is 6.10 Å². The fourth-order valence-corrected chi connectivity index (χ4v) is 4.31. The Balaban J connectivity index is 0.000000981. The molecule has 0 saturated heterocycles. The molecule has 19 nitrogen and oxygen atoms in total. The summed E-state index contributed by atoms with van der Waals surface area (Å²) in [7, 11) is -3.71. The molecule has 3 aromatic rings. The third kappa shape index (κ3) is 24.2. The number of carbonyl (C=O) groups excluding carboxylic acids is 2. The number of nitrogens with zero attached hydrogens (tertiary/aromatic N) is 4. The van der Waals surface area contributed by atoms with Crippen molar-refractivity contribution in [2.75, 3.05) is 55.4 Å². The maximum Gasteiger partial charge on any atom is 0.416 e. The first-order chi connectivity index (χ1) is 27.2. The van der Waals surface area contributed by atoms with Gasteiger partial charge in [-0.25, -0.2) is 9.59 Å². The number of aliphatic carboxylic acids is 1. The second-order valence-corrected chi connectivity index (χ2v) is 16.7. The van der Waals surface area contributed by atoms with E-state index >= 15 is 0 Å². The smallest absolute Gasteiger partial charge is 0.416 e. The van der Waals surface area contributed by atoms with Crippen LogP contribution in [0.3, 0.4) is 0 Å². The van der Waals surface area contributed by atoms with Gasteiger partial charge in [-0.3, -0.25) is 20.2 Å². The number of alkyl halides is 3. The number of carboxylic acid groups (broad SMARTS) is 1. The minimum absolute atomic E-state index is 0.0398. The molecule has 3 rings (SSSR count). The fraction of sp³-hybridized carbons (Fsp3) is 0.455. The van der Waals surface area contributed by atoms with E-state index in [0.717, 1.165) is 36.9 Å². The molecule has 2 unspecified atom stereocenters. The number of halogens is 5. The normalized spacial score (nSPS) is 12.2. The predicted octanol–water partition coefficient (Wildman–Crippen LogP) is 5.60. The molecule has 0 amide bonds. The van der Waals surface area contributed by atoms with Crippen LogP contribution in [0.4, 0.5) is 30.8 Å². The van der Waals surface area contributed by atoms with Crippen molar-refractivity contribution in [2.24, 2.45) is 0 Å². The number of hydrogen-bond acceptors (Lipinski definition) is 16. The van der Waals surface area contributed by atoms with E-state index in [2.05, 4.69) is 44.4 Å². The number of benzene rings is 2. The molecule has 0 bridgehead atoms. The molecule has 330 valence electrons. The van der Waals surface area contributed by atoms with Crippen molar-refractivity contribution < 1.29 is 66.1 Å². The third-order valence-electron chi connectivity index (χ3n) is 5.72. The molecule has 2 atom stereocenters. The molecule has 59 heavy (non-hydrogen) atoms. The molecule has 0 fully saturated rings. The zero-order valence-corrected chi connectivity index (χ0v) is 36.2. The Morgan fingerprint density at radius 3 is 2.08 bits per heavy atom. The number of ether oxygens (including phenoxy) is 3. The van der Waals surface area contributed by atoms with Crippen molar-refractivity contribution in [2.45, 2.75) is 52.9 Å². The molecule has 0 spiro atoms. The monoisotopic (exact) mass is 921 g/mol. The molecule has 0 aliphatic rings. The van der Waals surface area contributed by atoms with Gasteiger partial charge in [0.25, 0.3) is 5.69 Å². The van der Waals surface area contributed by atoms with Gasteiger partial charge in [-0.2, -0.15) is 28.1 Å². The fourth-order valence-electron chi connectivity index (χ4n) is 3.53. The number of carbonyl (C=O) groups is 3. The maximum absolute atomic E-state index is 12.8. The quantitative estimate of drug-likeness (QED) is 0.0408. The minimum Gasteiger partial charge on any atom is -0.778 e. The highest BCUT2D eigenvalue weighted by atomic mass is 35.5. The van der Waals surface area contributed by atoms with E-state index in [-0.39, 0.29) is 34.5 Å². The summed E-state index contributed by atoms with van der Waals surface area (Å²) in [6, 6.07) is 5.64. The van der Waals surface area contributed by atoms with Gasteiger partial charge in [0.2, 0.25) is 17.2 Å². The van der Waals surface area contributed by atoms with Crippen LogP contribution in [0.25, 0.3) is 0 Å². The molecule has 0 aliphatic carbocycles. The van der Waals surface area contributed by atoms with E-state index in [1.807, 2.05) is 26.1 Å². The van der Waals surface area contributed by atoms with E-state index in [4.69, 9.17) is 47.4 Å². The van der Waals surface area contributed by atoms with Crippen molar-refractivity contribution in [1.29, 1.82) is 0 Å². The van der Waals surface area contributed by atoms with Crippen LogP contribution in [0.5, 0.6) is 11.5 Å². The molecular weight excluding hydrogens is 877 g/mol. The first-order valence-corrected chi connectivity index (χ1v) is 21.7. The van der Waals surface area contributed by atoms with Crippen LogP contribution < -0.4 is 25.6 Å². The molecule has 1 aromatic heterocycles. The lowest BCUT2D eigenvalue weighted by Gasteiger charge is -2.14. The van der Waals surface area contributed by atoms with Crippen molar-refractivity contribution in [1.82, 2.24) is 20.3 Å². The lowest BCUT2D eigenvalue weighted by molar-refractivity contribution is -0.385. The molecule has 0 radical (unpaired) electrons. The average molecular weight is 923 g/mol. The number of anilines is 2. The topological polar surface area (TPSA) is 277 Å². The molecule has 2 aromatic carbocycles. The zero-order valence-electron chi connectivity index (χ0n) is 33.0.